The van der Waals surface area contributed by atoms with Gasteiger partial charge in [-0.25, -0.2) is 0 Å². The third-order valence-electron chi connectivity index (χ3n) is 2.81. The van der Waals surface area contributed by atoms with Crippen LogP contribution in [0.3, 0.4) is 0 Å². The second kappa shape index (κ2) is 7.75. The van der Waals surface area contributed by atoms with E-state index >= 15 is 0 Å². The largest absolute Gasteiger partial charge is 0.416 e. The number of ether oxygens (including phenoxy) is 1. The molecule has 0 aliphatic rings. The second-order valence-electron chi connectivity index (χ2n) is 4.35. The van der Waals surface area contributed by atoms with Gasteiger partial charge >= 0.3 is 6.18 Å². The normalized spacial score (nSPS) is 11.2. The molecule has 110 valence electrons. The van der Waals surface area contributed by atoms with E-state index in [1.54, 1.807) is 13.2 Å². The molecule has 1 aromatic rings. The summed E-state index contributed by atoms with van der Waals surface area (Å²) in [5, 5.41) is 11.9. The molecule has 1 aromatic carbocycles. The molecule has 0 fully saturated rings. The van der Waals surface area contributed by atoms with E-state index in [1.165, 1.54) is 6.07 Å². The molecule has 0 aromatic heterocycles. The van der Waals surface area contributed by atoms with E-state index in [1.807, 2.05) is 0 Å². The van der Waals surface area contributed by atoms with E-state index in [2.05, 4.69) is 5.32 Å². The molecule has 0 unspecified atom stereocenters. The average molecular weight is 286 g/mol. The van der Waals surface area contributed by atoms with Gasteiger partial charge in [-0.15, -0.1) is 0 Å². The standard InChI is InChI=1S/C14H17F3N2O/c1-20-8-4-2-3-7-19-13-6-5-12(14(15,16)17)9-11(13)10-18/h5-6,9,19H,2-4,7-8H2,1H3. The van der Waals surface area contributed by atoms with Crippen LogP contribution in [0, 0.1) is 11.3 Å². The van der Waals surface area contributed by atoms with Gasteiger partial charge in [0.15, 0.2) is 0 Å². The summed E-state index contributed by atoms with van der Waals surface area (Å²) in [5.74, 6) is 0. The van der Waals surface area contributed by atoms with Gasteiger partial charge in [0, 0.05) is 20.3 Å². The third kappa shape index (κ3) is 5.10. The molecule has 0 amide bonds. The summed E-state index contributed by atoms with van der Waals surface area (Å²) in [6.45, 7) is 1.31. The topological polar surface area (TPSA) is 45.0 Å². The van der Waals surface area contributed by atoms with Crippen molar-refractivity contribution >= 4 is 5.69 Å². The minimum atomic E-state index is -4.43. The number of anilines is 1. The van der Waals surface area contributed by atoms with Crippen molar-refractivity contribution in [2.75, 3.05) is 25.6 Å². The Morgan fingerprint density at radius 2 is 2.00 bits per heavy atom. The van der Waals surface area contributed by atoms with Gasteiger partial charge in [0.25, 0.3) is 0 Å². The van der Waals surface area contributed by atoms with Crippen molar-refractivity contribution in [2.24, 2.45) is 0 Å². The number of unbranched alkanes of at least 4 members (excludes halogenated alkanes) is 2. The maximum atomic E-state index is 12.5. The maximum absolute atomic E-state index is 12.5. The van der Waals surface area contributed by atoms with Crippen LogP contribution in [0.15, 0.2) is 18.2 Å². The number of nitrogens with one attached hydrogen (secondary N) is 1. The highest BCUT2D eigenvalue weighted by atomic mass is 19.4. The number of nitrogens with zero attached hydrogens (tertiary/aromatic N) is 1. The highest BCUT2D eigenvalue weighted by Gasteiger charge is 2.30. The van der Waals surface area contributed by atoms with E-state index in [4.69, 9.17) is 10.00 Å². The molecule has 20 heavy (non-hydrogen) atoms. The number of hydrogen-bond acceptors (Lipinski definition) is 3. The fraction of sp³-hybridized carbons (Fsp3) is 0.500. The molecule has 0 spiro atoms. The van der Waals surface area contributed by atoms with Gasteiger partial charge in [-0.05, 0) is 37.5 Å². The van der Waals surface area contributed by atoms with Crippen molar-refractivity contribution in [3.05, 3.63) is 29.3 Å². The first-order valence-corrected chi connectivity index (χ1v) is 6.33. The maximum Gasteiger partial charge on any atom is 0.416 e. The van der Waals surface area contributed by atoms with Crippen molar-refractivity contribution in [2.45, 2.75) is 25.4 Å². The molecular formula is C14H17F3N2O. The fourth-order valence-electron chi connectivity index (χ4n) is 1.74. The molecule has 0 heterocycles. The van der Waals surface area contributed by atoms with Gasteiger partial charge in [0.2, 0.25) is 0 Å². The quantitative estimate of drug-likeness (QED) is 0.775. The monoisotopic (exact) mass is 286 g/mol. The minimum Gasteiger partial charge on any atom is -0.385 e. The summed E-state index contributed by atoms with van der Waals surface area (Å²) in [4.78, 5) is 0. The van der Waals surface area contributed by atoms with E-state index < -0.39 is 11.7 Å². The minimum absolute atomic E-state index is 0.0108. The van der Waals surface area contributed by atoms with Crippen molar-refractivity contribution in [1.82, 2.24) is 0 Å². The zero-order valence-electron chi connectivity index (χ0n) is 11.3. The smallest absolute Gasteiger partial charge is 0.385 e. The molecule has 0 saturated carbocycles. The van der Waals surface area contributed by atoms with Gasteiger partial charge in [-0.1, -0.05) is 0 Å². The number of benzene rings is 1. The van der Waals surface area contributed by atoms with E-state index in [-0.39, 0.29) is 5.56 Å². The van der Waals surface area contributed by atoms with Crippen LogP contribution < -0.4 is 5.32 Å². The fourth-order valence-corrected chi connectivity index (χ4v) is 1.74. The molecule has 6 heteroatoms. The Morgan fingerprint density at radius 3 is 2.60 bits per heavy atom. The number of hydrogen-bond donors (Lipinski definition) is 1. The number of methoxy groups -OCH3 is 1. The van der Waals surface area contributed by atoms with Crippen LogP contribution in [0.4, 0.5) is 18.9 Å². The Bertz CT molecular complexity index is 466. The van der Waals surface area contributed by atoms with Crippen LogP contribution in [0.2, 0.25) is 0 Å². The van der Waals surface area contributed by atoms with E-state index in [9.17, 15) is 13.2 Å². The highest BCUT2D eigenvalue weighted by molar-refractivity contribution is 5.58. The zero-order valence-corrected chi connectivity index (χ0v) is 11.3. The molecule has 0 aliphatic heterocycles. The second-order valence-corrected chi connectivity index (χ2v) is 4.35. The van der Waals surface area contributed by atoms with E-state index in [0.29, 0.717) is 18.8 Å². The average Bonchev–Trinajstić information content (AvgIpc) is 2.41. The molecule has 3 nitrogen and oxygen atoms in total. The van der Waals surface area contributed by atoms with Crippen LogP contribution in [0.1, 0.15) is 30.4 Å². The van der Waals surface area contributed by atoms with E-state index in [0.717, 1.165) is 31.4 Å². The van der Waals surface area contributed by atoms with Crippen LogP contribution in [-0.4, -0.2) is 20.3 Å². The lowest BCUT2D eigenvalue weighted by Gasteiger charge is -2.11. The number of halogens is 3. The number of nitriles is 1. The van der Waals surface area contributed by atoms with Crippen molar-refractivity contribution < 1.29 is 17.9 Å². The van der Waals surface area contributed by atoms with Crippen LogP contribution in [-0.2, 0) is 10.9 Å². The van der Waals surface area contributed by atoms with Crippen molar-refractivity contribution in [3.63, 3.8) is 0 Å². The van der Waals surface area contributed by atoms with Crippen LogP contribution >= 0.6 is 0 Å². The molecule has 0 bridgehead atoms. The lowest BCUT2D eigenvalue weighted by atomic mass is 10.1. The van der Waals surface area contributed by atoms with Crippen LogP contribution in [0.25, 0.3) is 0 Å². The SMILES string of the molecule is COCCCCCNc1ccc(C(F)(F)F)cc1C#N. The van der Waals surface area contributed by atoms with Crippen molar-refractivity contribution in [1.29, 1.82) is 5.26 Å². The Morgan fingerprint density at radius 1 is 1.25 bits per heavy atom. The molecule has 0 saturated heterocycles. The molecule has 0 radical (unpaired) electrons. The summed E-state index contributed by atoms with van der Waals surface area (Å²) in [7, 11) is 1.64. The molecule has 0 atom stereocenters. The lowest BCUT2D eigenvalue weighted by molar-refractivity contribution is -0.137. The predicted octanol–water partition coefficient (Wildman–Crippen LogP) is 3.81. The Hall–Kier alpha value is -1.74. The summed E-state index contributed by atoms with van der Waals surface area (Å²) in [5.41, 5.74) is -0.358. The molecule has 0 aliphatic carbocycles. The summed E-state index contributed by atoms with van der Waals surface area (Å²) in [6, 6.07) is 4.94. The molecule has 1 N–H and O–H groups in total. The summed E-state index contributed by atoms with van der Waals surface area (Å²) < 4.78 is 42.5. The number of rotatable bonds is 7. The predicted molar refractivity (Wildman–Crippen MR) is 70.4 cm³/mol. The van der Waals surface area contributed by atoms with Gasteiger partial charge in [0.05, 0.1) is 16.8 Å². The van der Waals surface area contributed by atoms with Gasteiger partial charge in [0.1, 0.15) is 6.07 Å². The Balaban J connectivity index is 2.56. The summed E-state index contributed by atoms with van der Waals surface area (Å²) in [6.07, 6.45) is -1.65. The first-order chi connectivity index (χ1) is 9.49. The van der Waals surface area contributed by atoms with Crippen molar-refractivity contribution in [3.8, 4) is 6.07 Å². The lowest BCUT2D eigenvalue weighted by Crippen LogP contribution is -2.08. The summed E-state index contributed by atoms with van der Waals surface area (Å²) >= 11 is 0. The van der Waals surface area contributed by atoms with Gasteiger partial charge in [-0.2, -0.15) is 18.4 Å². The molecule has 1 rings (SSSR count). The Kier molecular flexibility index (Phi) is 6.32. The van der Waals surface area contributed by atoms with Crippen LogP contribution in [0.5, 0.6) is 0 Å². The number of alkyl halides is 3. The molecular weight excluding hydrogens is 269 g/mol. The first kappa shape index (κ1) is 16.3. The van der Waals surface area contributed by atoms with Gasteiger partial charge in [-0.3, -0.25) is 0 Å². The third-order valence-corrected chi connectivity index (χ3v) is 2.81. The van der Waals surface area contributed by atoms with Gasteiger partial charge < -0.3 is 10.1 Å². The zero-order chi connectivity index (χ0) is 15.0. The highest BCUT2D eigenvalue weighted by Crippen LogP contribution is 2.31. The first-order valence-electron chi connectivity index (χ1n) is 6.33. The Labute approximate surface area is 116 Å².